The van der Waals surface area contributed by atoms with Crippen LogP contribution in [-0.4, -0.2) is 20.7 Å². The maximum absolute atomic E-state index is 12.2. The second-order valence-corrected chi connectivity index (χ2v) is 5.35. The topological polar surface area (TPSA) is 85.8 Å². The van der Waals surface area contributed by atoms with Crippen molar-refractivity contribution in [1.82, 2.24) is 14.8 Å². The molecule has 0 saturated carbocycles. The van der Waals surface area contributed by atoms with Crippen molar-refractivity contribution in [2.45, 2.75) is 26.8 Å². The predicted molar refractivity (Wildman–Crippen MR) is 75.4 cm³/mol. The van der Waals surface area contributed by atoms with E-state index in [1.54, 1.807) is 4.68 Å². The van der Waals surface area contributed by atoms with Gasteiger partial charge < -0.3 is 5.73 Å². The molecule has 2 rings (SSSR count). The highest BCUT2D eigenvalue weighted by Gasteiger charge is 2.18. The highest BCUT2D eigenvalue weighted by atomic mass is 32.1. The van der Waals surface area contributed by atoms with Crippen LogP contribution >= 0.6 is 11.3 Å². The van der Waals surface area contributed by atoms with Gasteiger partial charge in [-0.25, -0.2) is 4.98 Å². The Hall–Kier alpha value is -1.73. The third-order valence-electron chi connectivity index (χ3n) is 2.95. The Morgan fingerprint density at radius 2 is 2.21 bits per heavy atom. The van der Waals surface area contributed by atoms with Gasteiger partial charge in [0.2, 0.25) is 0 Å². The number of hydrogen-bond acceptors (Lipinski definition) is 5. The molecular formula is C12H17N5OS. The smallest absolute Gasteiger partial charge is 0.261 e. The fraction of sp³-hybridized carbons (Fsp3) is 0.417. The van der Waals surface area contributed by atoms with Crippen LogP contribution in [0.2, 0.25) is 0 Å². The number of rotatable bonds is 3. The Morgan fingerprint density at radius 1 is 1.53 bits per heavy atom. The molecule has 0 aliphatic rings. The third-order valence-corrected chi connectivity index (χ3v) is 3.72. The standard InChI is InChI=1S/C12H17N5OS/c1-6(13)9-5-19-12(14-9)15-11(18)10-7(2)16-17(4)8(10)3/h5-6H,13H2,1-4H3,(H,14,15,18). The molecule has 0 saturated heterocycles. The number of hydrogen-bond donors (Lipinski definition) is 2. The fourth-order valence-corrected chi connectivity index (χ4v) is 2.62. The van der Waals surface area contributed by atoms with Crippen LogP contribution in [0, 0.1) is 13.8 Å². The first-order valence-electron chi connectivity index (χ1n) is 5.92. The summed E-state index contributed by atoms with van der Waals surface area (Å²) in [6.45, 7) is 5.54. The molecule has 2 aromatic heterocycles. The molecule has 0 bridgehead atoms. The van der Waals surface area contributed by atoms with Gasteiger partial charge in [0.1, 0.15) is 0 Å². The second-order valence-electron chi connectivity index (χ2n) is 4.49. The molecule has 0 aromatic carbocycles. The highest BCUT2D eigenvalue weighted by Crippen LogP contribution is 2.21. The van der Waals surface area contributed by atoms with Crippen molar-refractivity contribution >= 4 is 22.4 Å². The first-order chi connectivity index (χ1) is 8.90. The van der Waals surface area contributed by atoms with Gasteiger partial charge in [-0.2, -0.15) is 5.10 Å². The first kappa shape index (κ1) is 13.7. The van der Waals surface area contributed by atoms with Crippen molar-refractivity contribution in [3.63, 3.8) is 0 Å². The average molecular weight is 279 g/mol. The van der Waals surface area contributed by atoms with Gasteiger partial charge in [0, 0.05) is 24.2 Å². The summed E-state index contributed by atoms with van der Waals surface area (Å²) in [5.41, 5.74) is 8.66. The van der Waals surface area contributed by atoms with Crippen LogP contribution in [0.1, 0.15) is 40.4 Å². The van der Waals surface area contributed by atoms with E-state index in [9.17, 15) is 4.79 Å². The summed E-state index contributed by atoms with van der Waals surface area (Å²) >= 11 is 1.37. The molecular weight excluding hydrogens is 262 g/mol. The Balaban J connectivity index is 2.21. The normalized spacial score (nSPS) is 12.5. The fourth-order valence-electron chi connectivity index (χ4n) is 1.81. The van der Waals surface area contributed by atoms with E-state index in [-0.39, 0.29) is 11.9 Å². The molecule has 7 heteroatoms. The molecule has 0 aliphatic heterocycles. The van der Waals surface area contributed by atoms with Crippen LogP contribution in [0.15, 0.2) is 5.38 Å². The van der Waals surface area contributed by atoms with Crippen LogP contribution in [-0.2, 0) is 7.05 Å². The number of thiazole rings is 1. The van der Waals surface area contributed by atoms with E-state index in [1.807, 2.05) is 33.2 Å². The van der Waals surface area contributed by atoms with Crippen molar-refractivity contribution in [2.24, 2.45) is 12.8 Å². The van der Waals surface area contributed by atoms with E-state index in [0.717, 1.165) is 11.4 Å². The minimum Gasteiger partial charge on any atom is -0.323 e. The Labute approximate surface area is 115 Å². The van der Waals surface area contributed by atoms with Crippen molar-refractivity contribution < 1.29 is 4.79 Å². The Morgan fingerprint density at radius 3 is 2.68 bits per heavy atom. The predicted octanol–water partition coefficient (Wildman–Crippen LogP) is 1.77. The maximum atomic E-state index is 12.2. The van der Waals surface area contributed by atoms with Crippen LogP contribution < -0.4 is 11.1 Å². The summed E-state index contributed by atoms with van der Waals surface area (Å²) < 4.78 is 1.69. The Kier molecular flexibility index (Phi) is 3.68. The number of nitrogens with zero attached hydrogens (tertiary/aromatic N) is 3. The first-order valence-corrected chi connectivity index (χ1v) is 6.80. The van der Waals surface area contributed by atoms with Crippen molar-refractivity contribution in [3.8, 4) is 0 Å². The number of aryl methyl sites for hydroxylation is 2. The molecule has 2 aromatic rings. The van der Waals surface area contributed by atoms with E-state index in [1.165, 1.54) is 11.3 Å². The molecule has 1 amide bonds. The summed E-state index contributed by atoms with van der Waals surface area (Å²) in [4.78, 5) is 16.5. The Bertz CT molecular complexity index is 614. The van der Waals surface area contributed by atoms with Crippen LogP contribution in [0.3, 0.4) is 0 Å². The minimum atomic E-state index is -0.186. The summed E-state index contributed by atoms with van der Waals surface area (Å²) in [6, 6.07) is -0.135. The third kappa shape index (κ3) is 2.66. The van der Waals surface area contributed by atoms with E-state index in [0.29, 0.717) is 16.4 Å². The highest BCUT2D eigenvalue weighted by molar-refractivity contribution is 7.14. The number of nitrogens with one attached hydrogen (secondary N) is 1. The van der Waals surface area contributed by atoms with Gasteiger partial charge in [-0.1, -0.05) is 0 Å². The van der Waals surface area contributed by atoms with E-state index in [4.69, 9.17) is 5.73 Å². The molecule has 0 spiro atoms. The van der Waals surface area contributed by atoms with Crippen molar-refractivity contribution in [3.05, 3.63) is 28.0 Å². The number of carbonyl (C=O) groups is 1. The number of carbonyl (C=O) groups excluding carboxylic acids is 1. The van der Waals surface area contributed by atoms with Gasteiger partial charge in [-0.05, 0) is 20.8 Å². The summed E-state index contributed by atoms with van der Waals surface area (Å²) in [5, 5.41) is 9.42. The number of aromatic nitrogens is 3. The summed E-state index contributed by atoms with van der Waals surface area (Å²) in [5.74, 6) is -0.186. The molecule has 3 N–H and O–H groups in total. The number of amides is 1. The maximum Gasteiger partial charge on any atom is 0.261 e. The summed E-state index contributed by atoms with van der Waals surface area (Å²) in [6.07, 6.45) is 0. The molecule has 1 unspecified atom stereocenters. The van der Waals surface area contributed by atoms with Gasteiger partial charge in [0.25, 0.3) is 5.91 Å². The molecule has 1 atom stereocenters. The van der Waals surface area contributed by atoms with Gasteiger partial charge in [0.05, 0.1) is 17.0 Å². The van der Waals surface area contributed by atoms with Crippen molar-refractivity contribution in [2.75, 3.05) is 5.32 Å². The minimum absolute atomic E-state index is 0.135. The van der Waals surface area contributed by atoms with Gasteiger partial charge in [0.15, 0.2) is 5.13 Å². The lowest BCUT2D eigenvalue weighted by Crippen LogP contribution is -2.14. The summed E-state index contributed by atoms with van der Waals surface area (Å²) in [7, 11) is 1.82. The van der Waals surface area contributed by atoms with Gasteiger partial charge >= 0.3 is 0 Å². The SMILES string of the molecule is Cc1nn(C)c(C)c1C(=O)Nc1nc(C(C)N)cs1. The number of nitrogens with two attached hydrogens (primary N) is 1. The lowest BCUT2D eigenvalue weighted by Gasteiger charge is -2.02. The van der Waals surface area contributed by atoms with Gasteiger partial charge in [-0.3, -0.25) is 14.8 Å². The quantitative estimate of drug-likeness (QED) is 0.896. The lowest BCUT2D eigenvalue weighted by molar-refractivity contribution is 0.102. The number of anilines is 1. The van der Waals surface area contributed by atoms with E-state index in [2.05, 4.69) is 15.4 Å². The molecule has 0 fully saturated rings. The van der Waals surface area contributed by atoms with Crippen LogP contribution in [0.25, 0.3) is 0 Å². The zero-order valence-corrected chi connectivity index (χ0v) is 12.2. The lowest BCUT2D eigenvalue weighted by atomic mass is 10.2. The zero-order valence-electron chi connectivity index (χ0n) is 11.4. The molecule has 6 nitrogen and oxygen atoms in total. The van der Waals surface area contributed by atoms with E-state index >= 15 is 0 Å². The largest absolute Gasteiger partial charge is 0.323 e. The molecule has 19 heavy (non-hydrogen) atoms. The van der Waals surface area contributed by atoms with Gasteiger partial charge in [-0.15, -0.1) is 11.3 Å². The average Bonchev–Trinajstić information content (AvgIpc) is 2.85. The molecule has 0 aliphatic carbocycles. The zero-order chi connectivity index (χ0) is 14.2. The van der Waals surface area contributed by atoms with E-state index < -0.39 is 0 Å². The van der Waals surface area contributed by atoms with Crippen LogP contribution in [0.4, 0.5) is 5.13 Å². The second kappa shape index (κ2) is 5.10. The monoisotopic (exact) mass is 279 g/mol. The molecule has 102 valence electrons. The van der Waals surface area contributed by atoms with Crippen molar-refractivity contribution in [1.29, 1.82) is 0 Å². The van der Waals surface area contributed by atoms with Crippen LogP contribution in [0.5, 0.6) is 0 Å². The molecule has 0 radical (unpaired) electrons. The molecule has 2 heterocycles.